The average molecular weight is 579 g/mol. The van der Waals surface area contributed by atoms with E-state index in [1.807, 2.05) is 6.07 Å². The molecule has 0 spiro atoms. The van der Waals surface area contributed by atoms with E-state index >= 15 is 0 Å². The molecule has 2 aliphatic carbocycles. The van der Waals surface area contributed by atoms with Crippen molar-refractivity contribution in [2.75, 3.05) is 20.9 Å². The first kappa shape index (κ1) is 26.8. The van der Waals surface area contributed by atoms with Gasteiger partial charge in [0, 0.05) is 41.1 Å². The van der Waals surface area contributed by atoms with Crippen molar-refractivity contribution in [3.63, 3.8) is 0 Å². The average Bonchev–Trinajstić information content (AvgIpc) is 3.67. The van der Waals surface area contributed by atoms with E-state index in [9.17, 15) is 19.1 Å². The summed E-state index contributed by atoms with van der Waals surface area (Å²) in [5.41, 5.74) is 2.00. The van der Waals surface area contributed by atoms with Crippen LogP contribution in [0.25, 0.3) is 5.65 Å². The number of rotatable bonds is 8. The fourth-order valence-corrected chi connectivity index (χ4v) is 5.30. The van der Waals surface area contributed by atoms with Crippen LogP contribution in [-0.4, -0.2) is 54.8 Å². The summed E-state index contributed by atoms with van der Waals surface area (Å²) < 4.78 is 15.6. The summed E-state index contributed by atoms with van der Waals surface area (Å²) in [5.74, 6) is -0.644. The second-order valence-electron chi connectivity index (χ2n) is 10.3. The van der Waals surface area contributed by atoms with E-state index in [4.69, 9.17) is 11.6 Å². The Balaban J connectivity index is 1.20. The fraction of sp³-hybridized carbons (Fsp3) is 0.321. The summed E-state index contributed by atoms with van der Waals surface area (Å²) in [6, 6.07) is 10.3. The number of carbonyl (C=O) groups is 2. The molecule has 13 heteroatoms. The number of anilines is 4. The van der Waals surface area contributed by atoms with Gasteiger partial charge in [-0.1, -0.05) is 11.6 Å². The molecule has 3 aromatic heterocycles. The van der Waals surface area contributed by atoms with Crippen molar-refractivity contribution in [2.24, 2.45) is 0 Å². The maximum Gasteiger partial charge on any atom is 0.412 e. The number of nitrogens with one attached hydrogen (secondary N) is 3. The van der Waals surface area contributed by atoms with Gasteiger partial charge in [-0.15, -0.1) is 5.10 Å². The van der Waals surface area contributed by atoms with Crippen molar-refractivity contribution in [2.45, 2.75) is 56.7 Å². The molecule has 41 heavy (non-hydrogen) atoms. The molecule has 0 atom stereocenters. The van der Waals surface area contributed by atoms with Crippen LogP contribution in [0.15, 0.2) is 55.0 Å². The zero-order valence-electron chi connectivity index (χ0n) is 21.9. The van der Waals surface area contributed by atoms with Crippen LogP contribution in [0.1, 0.15) is 49.0 Å². The summed E-state index contributed by atoms with van der Waals surface area (Å²) in [5, 5.41) is 24.6. The number of aromatic nitrogens is 4. The Kier molecular flexibility index (Phi) is 7.31. The Hall–Kier alpha value is -4.45. The van der Waals surface area contributed by atoms with Crippen LogP contribution in [-0.2, 0) is 0 Å². The number of imidazole rings is 1. The van der Waals surface area contributed by atoms with E-state index in [2.05, 4.69) is 31.0 Å². The summed E-state index contributed by atoms with van der Waals surface area (Å²) >= 11 is 5.99. The van der Waals surface area contributed by atoms with Crippen molar-refractivity contribution in [1.29, 1.82) is 0 Å². The maximum atomic E-state index is 14.1. The van der Waals surface area contributed by atoms with Crippen LogP contribution in [0.2, 0.25) is 5.02 Å². The first-order valence-corrected chi connectivity index (χ1v) is 13.8. The third-order valence-corrected chi connectivity index (χ3v) is 7.63. The zero-order valence-corrected chi connectivity index (χ0v) is 22.7. The van der Waals surface area contributed by atoms with Gasteiger partial charge in [0.1, 0.15) is 5.82 Å². The molecule has 1 aromatic carbocycles. The molecule has 0 saturated heterocycles. The second-order valence-corrected chi connectivity index (χ2v) is 10.8. The highest BCUT2D eigenvalue weighted by Crippen LogP contribution is 2.32. The van der Waals surface area contributed by atoms with Gasteiger partial charge >= 0.3 is 6.09 Å². The van der Waals surface area contributed by atoms with E-state index in [0.717, 1.165) is 37.6 Å². The summed E-state index contributed by atoms with van der Waals surface area (Å²) in [6.07, 6.45) is 7.72. The van der Waals surface area contributed by atoms with Crippen LogP contribution >= 0.6 is 11.6 Å². The van der Waals surface area contributed by atoms with Gasteiger partial charge in [-0.25, -0.2) is 18.7 Å². The summed E-state index contributed by atoms with van der Waals surface area (Å²) in [7, 11) is 0. The molecule has 4 aromatic rings. The van der Waals surface area contributed by atoms with Crippen molar-refractivity contribution in [3.8, 4) is 0 Å². The number of hydrogen-bond acceptors (Lipinski definition) is 7. The lowest BCUT2D eigenvalue weighted by molar-refractivity contribution is 0.102. The zero-order chi connectivity index (χ0) is 28.5. The Morgan fingerprint density at radius 1 is 0.976 bits per heavy atom. The van der Waals surface area contributed by atoms with Crippen LogP contribution in [0.5, 0.6) is 0 Å². The molecule has 0 unspecified atom stereocenters. The SMILES string of the molecule is O=C(Nc1ccncc1F)c1cnc2c(NC3CC3)cc(NC3CCC(N(C(=O)O)c4ccc(Cl)cc4)CC3)nn12. The van der Waals surface area contributed by atoms with Gasteiger partial charge in [-0.2, -0.15) is 0 Å². The number of amides is 2. The normalized spacial score (nSPS) is 18.6. The number of hydrogen-bond donors (Lipinski definition) is 4. The Labute approximate surface area is 239 Å². The minimum atomic E-state index is -0.996. The van der Waals surface area contributed by atoms with Gasteiger partial charge in [0.2, 0.25) is 0 Å². The van der Waals surface area contributed by atoms with E-state index in [1.165, 1.54) is 27.9 Å². The highest BCUT2D eigenvalue weighted by Gasteiger charge is 2.31. The highest BCUT2D eigenvalue weighted by atomic mass is 35.5. The van der Waals surface area contributed by atoms with Gasteiger partial charge in [-0.3, -0.25) is 14.7 Å². The fourth-order valence-electron chi connectivity index (χ4n) is 5.18. The molecule has 11 nitrogen and oxygen atoms in total. The van der Waals surface area contributed by atoms with Crippen LogP contribution < -0.4 is 20.9 Å². The quantitative estimate of drug-likeness (QED) is 0.210. The van der Waals surface area contributed by atoms with Crippen molar-refractivity contribution < 1.29 is 19.1 Å². The molecular formula is C28H28ClFN8O3. The molecule has 212 valence electrons. The third-order valence-electron chi connectivity index (χ3n) is 7.38. The molecule has 2 fully saturated rings. The van der Waals surface area contributed by atoms with E-state index in [0.29, 0.717) is 41.1 Å². The third kappa shape index (κ3) is 5.87. The molecule has 2 saturated carbocycles. The minimum Gasteiger partial charge on any atom is -0.465 e. The summed E-state index contributed by atoms with van der Waals surface area (Å²) in [6.45, 7) is 0. The first-order chi connectivity index (χ1) is 19.9. The van der Waals surface area contributed by atoms with Gasteiger partial charge < -0.3 is 21.1 Å². The maximum absolute atomic E-state index is 14.1. The standard InChI is InChI=1S/C28H28ClFN8O3/c29-16-1-7-19(8-2-16)37(28(40)41)20-9-5-18(6-10-20)34-25-13-23(33-17-3-4-17)26-32-15-24(38(26)36-25)27(39)35-22-11-12-31-14-21(22)30/h1-2,7-8,11-15,17-18,20,33H,3-6,9-10H2,(H,34,36)(H,40,41)(H,31,35,39). The Morgan fingerprint density at radius 3 is 2.37 bits per heavy atom. The first-order valence-electron chi connectivity index (χ1n) is 13.5. The molecule has 6 rings (SSSR count). The van der Waals surface area contributed by atoms with E-state index in [-0.39, 0.29) is 23.5 Å². The number of pyridine rings is 1. The van der Waals surface area contributed by atoms with Gasteiger partial charge in [0.05, 0.1) is 23.8 Å². The number of nitrogens with zero attached hydrogens (tertiary/aromatic N) is 5. The topological polar surface area (TPSA) is 137 Å². The van der Waals surface area contributed by atoms with Crippen LogP contribution in [0, 0.1) is 5.82 Å². The van der Waals surface area contributed by atoms with Crippen molar-refractivity contribution in [1.82, 2.24) is 19.6 Å². The van der Waals surface area contributed by atoms with Crippen molar-refractivity contribution >= 4 is 52.1 Å². The van der Waals surface area contributed by atoms with Gasteiger partial charge in [0.25, 0.3) is 5.91 Å². The molecule has 0 radical (unpaired) electrons. The lowest BCUT2D eigenvalue weighted by Crippen LogP contribution is -2.43. The smallest absolute Gasteiger partial charge is 0.412 e. The number of fused-ring (bicyclic) bond motifs is 1. The number of carboxylic acid groups (broad SMARTS) is 1. The highest BCUT2D eigenvalue weighted by molar-refractivity contribution is 6.30. The molecule has 3 heterocycles. The number of carbonyl (C=O) groups excluding carboxylic acids is 1. The van der Waals surface area contributed by atoms with Crippen LogP contribution in [0.4, 0.5) is 32.1 Å². The second kappa shape index (κ2) is 11.2. The number of benzene rings is 1. The molecular weight excluding hydrogens is 551 g/mol. The molecule has 0 aliphatic heterocycles. The molecule has 2 aliphatic rings. The largest absolute Gasteiger partial charge is 0.465 e. The number of halogens is 2. The molecule has 0 bridgehead atoms. The predicted molar refractivity (Wildman–Crippen MR) is 153 cm³/mol. The Bertz CT molecular complexity index is 1590. The monoisotopic (exact) mass is 578 g/mol. The van der Waals surface area contributed by atoms with Gasteiger partial charge in [-0.05, 0) is 68.9 Å². The van der Waals surface area contributed by atoms with E-state index in [1.54, 1.807) is 24.3 Å². The van der Waals surface area contributed by atoms with Gasteiger partial charge in [0.15, 0.2) is 17.2 Å². The lowest BCUT2D eigenvalue weighted by atomic mass is 9.90. The molecule has 2 amide bonds. The summed E-state index contributed by atoms with van der Waals surface area (Å²) in [4.78, 5) is 34.7. The Morgan fingerprint density at radius 2 is 1.68 bits per heavy atom. The predicted octanol–water partition coefficient (Wildman–Crippen LogP) is 5.65. The van der Waals surface area contributed by atoms with E-state index < -0.39 is 17.8 Å². The van der Waals surface area contributed by atoms with Crippen molar-refractivity contribution in [3.05, 3.63) is 71.5 Å². The van der Waals surface area contributed by atoms with Crippen LogP contribution in [0.3, 0.4) is 0 Å². The minimum absolute atomic E-state index is 0.0105. The molecule has 4 N–H and O–H groups in total. The lowest BCUT2D eigenvalue weighted by Gasteiger charge is -2.35.